The highest BCUT2D eigenvalue weighted by Gasteiger charge is 2.54. The van der Waals surface area contributed by atoms with Gasteiger partial charge in [-0.3, -0.25) is 4.79 Å². The van der Waals surface area contributed by atoms with Crippen LogP contribution >= 0.6 is 0 Å². The molecular weight excluding hydrogens is 407 g/mol. The fourth-order valence-electron chi connectivity index (χ4n) is 4.39. The molecule has 0 spiro atoms. The van der Waals surface area contributed by atoms with E-state index >= 15 is 0 Å². The Balaban J connectivity index is 1.90. The number of hydrogen-bond donors (Lipinski definition) is 2. The van der Waals surface area contributed by atoms with Crippen molar-refractivity contribution in [2.75, 3.05) is 5.32 Å². The number of hydrogen-bond acceptors (Lipinski definition) is 3. The van der Waals surface area contributed by atoms with Crippen LogP contribution in [0.3, 0.4) is 0 Å². The molecule has 32 heavy (non-hydrogen) atoms. The molecule has 0 aliphatic carbocycles. The summed E-state index contributed by atoms with van der Waals surface area (Å²) in [6.07, 6.45) is 0.367. The van der Waals surface area contributed by atoms with Crippen molar-refractivity contribution in [3.63, 3.8) is 0 Å². The first-order chi connectivity index (χ1) is 15.5. The molecule has 1 heterocycles. The second-order valence-electron chi connectivity index (χ2n) is 7.64. The normalized spacial score (nSPS) is 18.2. The minimum atomic E-state index is -1.18. The van der Waals surface area contributed by atoms with Crippen molar-refractivity contribution in [1.29, 1.82) is 0 Å². The van der Waals surface area contributed by atoms with E-state index in [2.05, 4.69) is 5.32 Å². The van der Waals surface area contributed by atoms with E-state index in [4.69, 9.17) is 0 Å². The lowest BCUT2D eigenvalue weighted by molar-refractivity contribution is -0.135. The molecule has 0 saturated heterocycles. The van der Waals surface area contributed by atoms with Crippen LogP contribution in [-0.2, 0) is 21.7 Å². The number of carboxylic acid groups (broad SMARTS) is 1. The standard InChI is InChI=1S/C26H23FN2O3/c1-2-26(19-11-7-4-8-12-19)22(25(31)32)23(28-21-15-13-20(27)14-16-21)24(30)29(26)17-18-9-5-3-6-10-18/h3-16,28H,2,17H2,1H3,(H,31,32). The van der Waals surface area contributed by atoms with Crippen molar-refractivity contribution in [2.45, 2.75) is 25.4 Å². The van der Waals surface area contributed by atoms with Gasteiger partial charge in [-0.2, -0.15) is 0 Å². The summed E-state index contributed by atoms with van der Waals surface area (Å²) in [5.41, 5.74) is 0.861. The van der Waals surface area contributed by atoms with E-state index in [0.717, 1.165) is 11.1 Å². The highest BCUT2D eigenvalue weighted by molar-refractivity contribution is 6.10. The number of nitrogens with zero attached hydrogens (tertiary/aromatic N) is 1. The number of carbonyl (C=O) groups is 2. The number of rotatable bonds is 7. The minimum absolute atomic E-state index is 0.00857. The Morgan fingerprint density at radius 3 is 2.12 bits per heavy atom. The molecule has 2 N–H and O–H groups in total. The summed E-state index contributed by atoms with van der Waals surface area (Å²) in [7, 11) is 0. The zero-order chi connectivity index (χ0) is 22.7. The van der Waals surface area contributed by atoms with Crippen LogP contribution in [0.1, 0.15) is 24.5 Å². The zero-order valence-corrected chi connectivity index (χ0v) is 17.6. The Labute approximate surface area is 185 Å². The minimum Gasteiger partial charge on any atom is -0.478 e. The van der Waals surface area contributed by atoms with Gasteiger partial charge in [-0.1, -0.05) is 67.6 Å². The zero-order valence-electron chi connectivity index (χ0n) is 17.6. The van der Waals surface area contributed by atoms with Crippen LogP contribution < -0.4 is 5.32 Å². The number of halogens is 1. The summed E-state index contributed by atoms with van der Waals surface area (Å²) in [6, 6.07) is 24.2. The Hall–Kier alpha value is -3.93. The monoisotopic (exact) mass is 430 g/mol. The van der Waals surface area contributed by atoms with Crippen LogP contribution in [0.15, 0.2) is 96.2 Å². The smallest absolute Gasteiger partial charge is 0.336 e. The van der Waals surface area contributed by atoms with Crippen LogP contribution in [0.25, 0.3) is 0 Å². The average molecular weight is 430 g/mol. The van der Waals surface area contributed by atoms with E-state index in [1.165, 1.54) is 24.3 Å². The Bertz CT molecular complexity index is 1160. The molecule has 0 saturated carbocycles. The number of aliphatic carboxylic acids is 1. The topological polar surface area (TPSA) is 69.6 Å². The summed E-state index contributed by atoms with van der Waals surface area (Å²) in [6.45, 7) is 2.12. The molecule has 0 bridgehead atoms. The number of carboxylic acids is 1. The average Bonchev–Trinajstić information content (AvgIpc) is 3.05. The maximum atomic E-state index is 13.7. The lowest BCUT2D eigenvalue weighted by Gasteiger charge is -2.39. The SMILES string of the molecule is CCC1(c2ccccc2)C(C(=O)O)=C(Nc2ccc(F)cc2)C(=O)N1Cc1ccccc1. The van der Waals surface area contributed by atoms with Gasteiger partial charge in [0, 0.05) is 12.2 Å². The molecule has 0 fully saturated rings. The lowest BCUT2D eigenvalue weighted by atomic mass is 9.80. The van der Waals surface area contributed by atoms with E-state index in [0.29, 0.717) is 12.1 Å². The third-order valence-corrected chi connectivity index (χ3v) is 5.86. The fraction of sp³-hybridized carbons (Fsp3) is 0.154. The predicted molar refractivity (Wildman–Crippen MR) is 120 cm³/mol. The van der Waals surface area contributed by atoms with Crippen molar-refractivity contribution in [3.8, 4) is 0 Å². The van der Waals surface area contributed by atoms with Gasteiger partial charge in [-0.15, -0.1) is 0 Å². The number of nitrogens with one attached hydrogen (secondary N) is 1. The molecule has 1 unspecified atom stereocenters. The molecular formula is C26H23FN2O3. The Kier molecular flexibility index (Phi) is 5.77. The van der Waals surface area contributed by atoms with E-state index < -0.39 is 23.2 Å². The molecule has 1 atom stereocenters. The third-order valence-electron chi connectivity index (χ3n) is 5.86. The molecule has 1 amide bonds. The van der Waals surface area contributed by atoms with Gasteiger partial charge < -0.3 is 15.3 Å². The summed E-state index contributed by atoms with van der Waals surface area (Å²) in [4.78, 5) is 27.9. The summed E-state index contributed by atoms with van der Waals surface area (Å²) >= 11 is 0. The second kappa shape index (κ2) is 8.67. The van der Waals surface area contributed by atoms with Gasteiger partial charge in [0.2, 0.25) is 0 Å². The predicted octanol–water partition coefficient (Wildman–Crippen LogP) is 4.92. The Morgan fingerprint density at radius 2 is 1.56 bits per heavy atom. The number of benzene rings is 3. The molecule has 1 aliphatic rings. The van der Waals surface area contributed by atoms with E-state index in [-0.39, 0.29) is 17.8 Å². The van der Waals surface area contributed by atoms with Crippen LogP contribution in [0.2, 0.25) is 0 Å². The van der Waals surface area contributed by atoms with Gasteiger partial charge in [-0.25, -0.2) is 9.18 Å². The van der Waals surface area contributed by atoms with Crippen molar-refractivity contribution in [3.05, 3.63) is 113 Å². The quantitative estimate of drug-likeness (QED) is 0.558. The van der Waals surface area contributed by atoms with E-state index in [1.54, 1.807) is 4.90 Å². The largest absolute Gasteiger partial charge is 0.478 e. The number of carbonyl (C=O) groups excluding carboxylic acids is 1. The summed E-state index contributed by atoms with van der Waals surface area (Å²) < 4.78 is 13.4. The van der Waals surface area contributed by atoms with Gasteiger partial charge in [0.05, 0.1) is 5.57 Å². The van der Waals surface area contributed by atoms with Gasteiger partial charge in [0.1, 0.15) is 17.1 Å². The Morgan fingerprint density at radius 1 is 0.969 bits per heavy atom. The highest BCUT2D eigenvalue weighted by Crippen LogP contribution is 2.47. The number of anilines is 1. The molecule has 3 aromatic rings. The maximum Gasteiger partial charge on any atom is 0.336 e. The van der Waals surface area contributed by atoms with E-state index in [9.17, 15) is 19.1 Å². The first-order valence-corrected chi connectivity index (χ1v) is 10.4. The molecule has 3 aromatic carbocycles. The van der Waals surface area contributed by atoms with E-state index in [1.807, 2.05) is 67.6 Å². The van der Waals surface area contributed by atoms with Crippen molar-refractivity contribution in [1.82, 2.24) is 4.90 Å². The van der Waals surface area contributed by atoms with Gasteiger partial charge >= 0.3 is 5.97 Å². The van der Waals surface area contributed by atoms with Gasteiger partial charge in [0.15, 0.2) is 0 Å². The number of amides is 1. The van der Waals surface area contributed by atoms with Crippen LogP contribution in [-0.4, -0.2) is 21.9 Å². The second-order valence-corrected chi connectivity index (χ2v) is 7.64. The van der Waals surface area contributed by atoms with Gasteiger partial charge in [0.25, 0.3) is 5.91 Å². The fourth-order valence-corrected chi connectivity index (χ4v) is 4.39. The van der Waals surface area contributed by atoms with Crippen molar-refractivity contribution in [2.24, 2.45) is 0 Å². The summed E-state index contributed by atoms with van der Waals surface area (Å²) in [5, 5.41) is 13.3. The molecule has 162 valence electrons. The highest BCUT2D eigenvalue weighted by atomic mass is 19.1. The third kappa shape index (κ3) is 3.64. The lowest BCUT2D eigenvalue weighted by Crippen LogP contribution is -2.46. The first kappa shape index (κ1) is 21.3. The molecule has 4 rings (SSSR count). The molecule has 6 heteroatoms. The molecule has 5 nitrogen and oxygen atoms in total. The molecule has 0 aromatic heterocycles. The molecule has 0 radical (unpaired) electrons. The van der Waals surface area contributed by atoms with Crippen molar-refractivity contribution >= 4 is 17.6 Å². The van der Waals surface area contributed by atoms with Crippen LogP contribution in [0, 0.1) is 5.82 Å². The summed E-state index contributed by atoms with van der Waals surface area (Å²) in [5.74, 6) is -2.01. The first-order valence-electron chi connectivity index (χ1n) is 10.4. The molecule has 1 aliphatic heterocycles. The van der Waals surface area contributed by atoms with Crippen LogP contribution in [0.4, 0.5) is 10.1 Å². The van der Waals surface area contributed by atoms with Crippen molar-refractivity contribution < 1.29 is 19.1 Å². The maximum absolute atomic E-state index is 13.7. The van der Waals surface area contributed by atoms with Gasteiger partial charge in [-0.05, 0) is 41.8 Å². The van der Waals surface area contributed by atoms with Crippen LogP contribution in [0.5, 0.6) is 0 Å².